The molecule has 4 heteroatoms. The highest BCUT2D eigenvalue weighted by Crippen LogP contribution is 2.18. The molecule has 0 aromatic heterocycles. The predicted octanol–water partition coefficient (Wildman–Crippen LogP) is 0.561. The Kier molecular flexibility index (Phi) is 3.70. The minimum absolute atomic E-state index is 0.305. The molecule has 0 saturated carbocycles. The molecule has 0 spiro atoms. The summed E-state index contributed by atoms with van der Waals surface area (Å²) in [4.78, 5) is 14.1. The van der Waals surface area contributed by atoms with Crippen molar-refractivity contribution in [1.82, 2.24) is 10.2 Å². The number of rotatable bonds is 1. The first-order valence-corrected chi connectivity index (χ1v) is 6.60. The molecule has 1 N–H and O–H groups in total. The molecule has 0 radical (unpaired) electrons. The molecule has 2 aliphatic heterocycles. The first kappa shape index (κ1) is 10.3. The minimum atomic E-state index is 0.305. The fourth-order valence-corrected chi connectivity index (χ4v) is 3.01. The highest BCUT2D eigenvalue weighted by Gasteiger charge is 2.26. The van der Waals surface area contributed by atoms with Crippen molar-refractivity contribution in [1.29, 1.82) is 0 Å². The molecule has 3 nitrogen and oxygen atoms in total. The molecular weight excluding hydrogens is 196 g/mol. The zero-order valence-corrected chi connectivity index (χ0v) is 9.31. The Morgan fingerprint density at radius 1 is 1.21 bits per heavy atom. The molecule has 14 heavy (non-hydrogen) atoms. The summed E-state index contributed by atoms with van der Waals surface area (Å²) in [7, 11) is 0. The largest absolute Gasteiger partial charge is 0.341 e. The van der Waals surface area contributed by atoms with E-state index in [1.54, 1.807) is 0 Å². The summed E-state index contributed by atoms with van der Waals surface area (Å²) in [6, 6.07) is 0. The first-order valence-electron chi connectivity index (χ1n) is 5.45. The van der Waals surface area contributed by atoms with Crippen molar-refractivity contribution < 1.29 is 4.79 Å². The summed E-state index contributed by atoms with van der Waals surface area (Å²) in [5.41, 5.74) is 0. The van der Waals surface area contributed by atoms with Crippen LogP contribution in [0.2, 0.25) is 0 Å². The lowest BCUT2D eigenvalue weighted by molar-refractivity contribution is -0.135. The molecule has 0 unspecified atom stereocenters. The maximum Gasteiger partial charge on any atom is 0.225 e. The van der Waals surface area contributed by atoms with Gasteiger partial charge in [0.15, 0.2) is 0 Å². The van der Waals surface area contributed by atoms with Crippen molar-refractivity contribution in [3.63, 3.8) is 0 Å². The molecule has 2 heterocycles. The van der Waals surface area contributed by atoms with Crippen LogP contribution in [0.4, 0.5) is 0 Å². The molecule has 2 rings (SSSR count). The Balaban J connectivity index is 1.85. The first-order chi connectivity index (χ1) is 6.88. The molecule has 0 atom stereocenters. The van der Waals surface area contributed by atoms with Crippen LogP contribution in [0.3, 0.4) is 0 Å². The van der Waals surface area contributed by atoms with Gasteiger partial charge in [0.2, 0.25) is 5.91 Å². The Morgan fingerprint density at radius 2 is 1.86 bits per heavy atom. The molecule has 80 valence electrons. The molecule has 0 aliphatic carbocycles. The summed E-state index contributed by atoms with van der Waals surface area (Å²) < 4.78 is 0. The zero-order chi connectivity index (χ0) is 9.80. The van der Waals surface area contributed by atoms with Gasteiger partial charge in [-0.2, -0.15) is 11.8 Å². The SMILES string of the molecule is O=C(C1CCNCC1)N1CCSCC1. The molecular formula is C10H18N2OS. The summed E-state index contributed by atoms with van der Waals surface area (Å²) in [5.74, 6) is 2.96. The van der Waals surface area contributed by atoms with E-state index in [-0.39, 0.29) is 0 Å². The molecule has 2 saturated heterocycles. The Bertz CT molecular complexity index is 178. The van der Waals surface area contributed by atoms with E-state index in [4.69, 9.17) is 0 Å². The number of nitrogens with zero attached hydrogens (tertiary/aromatic N) is 1. The van der Waals surface area contributed by atoms with Gasteiger partial charge in [0.1, 0.15) is 0 Å². The van der Waals surface area contributed by atoms with Crippen molar-refractivity contribution >= 4 is 17.7 Å². The molecule has 1 amide bonds. The van der Waals surface area contributed by atoms with Crippen LogP contribution in [0.15, 0.2) is 0 Å². The van der Waals surface area contributed by atoms with Gasteiger partial charge in [0.05, 0.1) is 0 Å². The topological polar surface area (TPSA) is 32.3 Å². The number of thioether (sulfide) groups is 1. The van der Waals surface area contributed by atoms with E-state index in [9.17, 15) is 4.79 Å². The molecule has 2 aliphatic rings. The highest BCUT2D eigenvalue weighted by molar-refractivity contribution is 7.99. The number of hydrogen-bond acceptors (Lipinski definition) is 3. The van der Waals surface area contributed by atoms with Gasteiger partial charge in [-0.1, -0.05) is 0 Å². The van der Waals surface area contributed by atoms with Gasteiger partial charge < -0.3 is 10.2 Å². The van der Waals surface area contributed by atoms with Crippen LogP contribution in [0.5, 0.6) is 0 Å². The number of hydrogen-bond donors (Lipinski definition) is 1. The van der Waals surface area contributed by atoms with E-state index < -0.39 is 0 Å². The van der Waals surface area contributed by atoms with Crippen LogP contribution in [0, 0.1) is 5.92 Å². The summed E-state index contributed by atoms with van der Waals surface area (Å²) in [6.45, 7) is 3.96. The van der Waals surface area contributed by atoms with Gasteiger partial charge >= 0.3 is 0 Å². The lowest BCUT2D eigenvalue weighted by Gasteiger charge is -2.31. The Hall–Kier alpha value is -0.220. The quantitative estimate of drug-likeness (QED) is 0.692. The second-order valence-corrected chi connectivity index (χ2v) is 5.19. The smallest absolute Gasteiger partial charge is 0.225 e. The van der Waals surface area contributed by atoms with E-state index in [0.29, 0.717) is 11.8 Å². The number of carbonyl (C=O) groups is 1. The second-order valence-electron chi connectivity index (χ2n) is 3.96. The average molecular weight is 214 g/mol. The number of nitrogens with one attached hydrogen (secondary N) is 1. The van der Waals surface area contributed by atoms with Crippen molar-refractivity contribution in [2.45, 2.75) is 12.8 Å². The fraction of sp³-hybridized carbons (Fsp3) is 0.900. The number of amides is 1. The normalized spacial score (nSPS) is 25.0. The van der Waals surface area contributed by atoms with Crippen LogP contribution in [0.1, 0.15) is 12.8 Å². The summed E-state index contributed by atoms with van der Waals surface area (Å²) >= 11 is 1.96. The molecule has 0 aromatic carbocycles. The van der Waals surface area contributed by atoms with Gasteiger partial charge in [-0.3, -0.25) is 4.79 Å². The van der Waals surface area contributed by atoms with E-state index in [0.717, 1.165) is 50.5 Å². The molecule has 0 aromatic rings. The van der Waals surface area contributed by atoms with Crippen LogP contribution in [-0.4, -0.2) is 48.5 Å². The van der Waals surface area contributed by atoms with Gasteiger partial charge in [0.25, 0.3) is 0 Å². The third kappa shape index (κ3) is 2.42. The third-order valence-corrected chi connectivity index (χ3v) is 3.95. The highest BCUT2D eigenvalue weighted by atomic mass is 32.2. The monoisotopic (exact) mass is 214 g/mol. The van der Waals surface area contributed by atoms with Crippen molar-refractivity contribution in [2.75, 3.05) is 37.7 Å². The van der Waals surface area contributed by atoms with Crippen molar-refractivity contribution in [3.05, 3.63) is 0 Å². The Morgan fingerprint density at radius 3 is 2.50 bits per heavy atom. The lowest BCUT2D eigenvalue weighted by Crippen LogP contribution is -2.44. The fourth-order valence-electron chi connectivity index (χ4n) is 2.11. The maximum atomic E-state index is 12.0. The van der Waals surface area contributed by atoms with E-state index in [1.165, 1.54) is 0 Å². The summed E-state index contributed by atoms with van der Waals surface area (Å²) in [6.07, 6.45) is 2.06. The van der Waals surface area contributed by atoms with Crippen LogP contribution in [0.25, 0.3) is 0 Å². The van der Waals surface area contributed by atoms with Crippen molar-refractivity contribution in [3.8, 4) is 0 Å². The summed E-state index contributed by atoms with van der Waals surface area (Å²) in [5, 5.41) is 3.30. The van der Waals surface area contributed by atoms with E-state index in [1.807, 2.05) is 11.8 Å². The zero-order valence-electron chi connectivity index (χ0n) is 8.50. The van der Waals surface area contributed by atoms with Crippen LogP contribution >= 0.6 is 11.8 Å². The van der Waals surface area contributed by atoms with E-state index >= 15 is 0 Å². The number of carbonyl (C=O) groups excluding carboxylic acids is 1. The van der Waals surface area contributed by atoms with Gasteiger partial charge in [-0.05, 0) is 25.9 Å². The van der Waals surface area contributed by atoms with Gasteiger partial charge in [0, 0.05) is 30.5 Å². The van der Waals surface area contributed by atoms with E-state index in [2.05, 4.69) is 10.2 Å². The second kappa shape index (κ2) is 5.03. The molecule has 2 fully saturated rings. The third-order valence-electron chi connectivity index (χ3n) is 3.01. The standard InChI is InChI=1S/C10H18N2OS/c13-10(9-1-3-11-4-2-9)12-5-7-14-8-6-12/h9,11H,1-8H2. The minimum Gasteiger partial charge on any atom is -0.341 e. The lowest BCUT2D eigenvalue weighted by atomic mass is 9.96. The van der Waals surface area contributed by atoms with Crippen LogP contribution in [-0.2, 0) is 4.79 Å². The van der Waals surface area contributed by atoms with Gasteiger partial charge in [-0.15, -0.1) is 0 Å². The molecule has 0 bridgehead atoms. The van der Waals surface area contributed by atoms with Gasteiger partial charge in [-0.25, -0.2) is 0 Å². The average Bonchev–Trinajstić information content (AvgIpc) is 2.30. The maximum absolute atomic E-state index is 12.0. The van der Waals surface area contributed by atoms with Crippen molar-refractivity contribution in [2.24, 2.45) is 5.92 Å². The van der Waals surface area contributed by atoms with Crippen LogP contribution < -0.4 is 5.32 Å². The predicted molar refractivity (Wildman–Crippen MR) is 59.5 cm³/mol. The number of piperidine rings is 1. The Labute approximate surface area is 89.6 Å².